The number of nitrogens with zero attached hydrogens (tertiary/aromatic N) is 4. The molecule has 1 aliphatic heterocycles. The van der Waals surface area contributed by atoms with Crippen LogP contribution in [0.4, 0.5) is 30.4 Å². The number of ether oxygens (including phenoxy) is 1. The van der Waals surface area contributed by atoms with Crippen molar-refractivity contribution in [3.8, 4) is 5.69 Å². The molecule has 3 heterocycles. The van der Waals surface area contributed by atoms with Crippen molar-refractivity contribution >= 4 is 23.1 Å². The van der Waals surface area contributed by atoms with Crippen LogP contribution in [-0.4, -0.2) is 47.0 Å². The first-order chi connectivity index (χ1) is 16.1. The highest BCUT2D eigenvalue weighted by Crippen LogP contribution is 2.36. The zero-order valence-corrected chi connectivity index (χ0v) is 19.1. The number of nitrogens with one attached hydrogen (secondary N) is 2. The van der Waals surface area contributed by atoms with Gasteiger partial charge in [0.1, 0.15) is 11.9 Å². The highest BCUT2D eigenvalue weighted by molar-refractivity contribution is 6.04. The molecular formula is C23H25F3N6O2. The molecular weight excluding hydrogens is 449 g/mol. The number of fused-ring (bicyclic) bond motifs is 1. The monoisotopic (exact) mass is 474 g/mol. The van der Waals surface area contributed by atoms with Gasteiger partial charge in [-0.15, -0.1) is 0 Å². The number of anilines is 3. The molecule has 0 unspecified atom stereocenters. The van der Waals surface area contributed by atoms with Crippen molar-refractivity contribution in [2.45, 2.75) is 38.7 Å². The highest BCUT2D eigenvalue weighted by Gasteiger charge is 2.36. The van der Waals surface area contributed by atoms with Gasteiger partial charge in [0.2, 0.25) is 5.91 Å². The summed E-state index contributed by atoms with van der Waals surface area (Å²) in [4.78, 5) is 19.0. The summed E-state index contributed by atoms with van der Waals surface area (Å²) >= 11 is 0. The molecule has 3 aromatic rings. The highest BCUT2D eigenvalue weighted by atomic mass is 19.4. The van der Waals surface area contributed by atoms with Crippen LogP contribution in [0.25, 0.3) is 5.69 Å². The van der Waals surface area contributed by atoms with Crippen molar-refractivity contribution in [3.63, 3.8) is 0 Å². The first kappa shape index (κ1) is 23.6. The number of alkyl halides is 3. The number of methoxy groups -OCH3 is 1. The lowest BCUT2D eigenvalue weighted by Gasteiger charge is -2.38. The lowest BCUT2D eigenvalue weighted by Crippen LogP contribution is -2.52. The van der Waals surface area contributed by atoms with Gasteiger partial charge in [0.05, 0.1) is 28.9 Å². The Bertz CT molecular complexity index is 1190. The minimum Gasteiger partial charge on any atom is -0.379 e. The number of rotatable bonds is 6. The van der Waals surface area contributed by atoms with E-state index in [0.29, 0.717) is 29.4 Å². The smallest absolute Gasteiger partial charge is 0.379 e. The molecule has 0 saturated carbocycles. The molecule has 34 heavy (non-hydrogen) atoms. The van der Waals surface area contributed by atoms with Gasteiger partial charge in [-0.2, -0.15) is 18.3 Å². The van der Waals surface area contributed by atoms with E-state index in [1.807, 2.05) is 44.0 Å². The van der Waals surface area contributed by atoms with Crippen LogP contribution in [-0.2, 0) is 22.3 Å². The maximum Gasteiger partial charge on any atom is 0.435 e. The average Bonchev–Trinajstić information content (AvgIpc) is 3.30. The molecule has 0 bridgehead atoms. The van der Waals surface area contributed by atoms with Crippen LogP contribution in [0.2, 0.25) is 0 Å². The summed E-state index contributed by atoms with van der Waals surface area (Å²) in [5.74, 6) is 0.489. The lowest BCUT2D eigenvalue weighted by atomic mass is 10.0. The maximum absolute atomic E-state index is 12.8. The number of hydrogen-bond donors (Lipinski definition) is 2. The third-order valence-electron chi connectivity index (χ3n) is 5.86. The fourth-order valence-electron chi connectivity index (χ4n) is 3.94. The number of likely N-dealkylation sites (N-methyl/N-ethyl adjacent to an activating group) is 1. The molecule has 2 atom stereocenters. The van der Waals surface area contributed by atoms with Gasteiger partial charge in [-0.05, 0) is 37.6 Å². The Morgan fingerprint density at radius 1 is 1.24 bits per heavy atom. The Kier molecular flexibility index (Phi) is 6.22. The molecule has 180 valence electrons. The number of halogens is 3. The van der Waals surface area contributed by atoms with E-state index in [9.17, 15) is 18.0 Å². The van der Waals surface area contributed by atoms with Gasteiger partial charge in [-0.3, -0.25) is 4.79 Å². The van der Waals surface area contributed by atoms with Crippen LogP contribution in [0.5, 0.6) is 0 Å². The summed E-state index contributed by atoms with van der Waals surface area (Å²) in [5.41, 5.74) is 2.68. The molecule has 1 amide bonds. The van der Waals surface area contributed by atoms with Crippen molar-refractivity contribution < 1.29 is 22.7 Å². The number of pyridine rings is 1. The molecule has 0 fully saturated rings. The first-order valence-corrected chi connectivity index (χ1v) is 10.6. The van der Waals surface area contributed by atoms with E-state index >= 15 is 0 Å². The number of aryl methyl sites for hydroxylation is 1. The zero-order chi connectivity index (χ0) is 24.6. The Balaban J connectivity index is 1.48. The zero-order valence-electron chi connectivity index (χ0n) is 19.1. The lowest BCUT2D eigenvalue weighted by molar-refractivity contribution is -0.141. The molecule has 4 rings (SSSR count). The minimum absolute atomic E-state index is 0.144. The SMILES string of the molecule is CO[C@H](C)[C@H]1C(=O)Nc2c(cc(NCc3ccc(-n4ccc(C(F)(F)F)n4)cc3)nc2C)N1C. The summed E-state index contributed by atoms with van der Waals surface area (Å²) in [5, 5.41) is 9.79. The molecule has 0 saturated heterocycles. The van der Waals surface area contributed by atoms with Crippen LogP contribution in [0, 0.1) is 6.92 Å². The molecule has 1 aromatic carbocycles. The summed E-state index contributed by atoms with van der Waals surface area (Å²) in [6.45, 7) is 4.12. The van der Waals surface area contributed by atoms with Gasteiger partial charge in [0.15, 0.2) is 5.69 Å². The second-order valence-corrected chi connectivity index (χ2v) is 8.14. The van der Waals surface area contributed by atoms with Crippen LogP contribution in [0.3, 0.4) is 0 Å². The summed E-state index contributed by atoms with van der Waals surface area (Å²) in [7, 11) is 3.41. The van der Waals surface area contributed by atoms with Crippen LogP contribution in [0.1, 0.15) is 23.9 Å². The standard InChI is InChI=1S/C23H25F3N6O2/c1-13-20-17(31(3)21(14(2)34-4)22(33)29-20)11-19(28-13)27-12-15-5-7-16(8-6-15)32-10-9-18(30-32)23(24,25)26/h5-11,14,21H,12H2,1-4H3,(H,27,28)(H,29,33)/t14-,21+/m1/s1. The number of carbonyl (C=O) groups is 1. The fraction of sp³-hybridized carbons (Fsp3) is 0.348. The molecule has 0 aliphatic carbocycles. The van der Waals surface area contributed by atoms with Crippen LogP contribution < -0.4 is 15.5 Å². The quantitative estimate of drug-likeness (QED) is 0.562. The molecule has 8 nitrogen and oxygen atoms in total. The van der Waals surface area contributed by atoms with E-state index in [1.54, 1.807) is 19.2 Å². The third kappa shape index (κ3) is 4.56. The maximum atomic E-state index is 12.8. The van der Waals surface area contributed by atoms with Crippen molar-refractivity contribution in [2.75, 3.05) is 29.7 Å². The third-order valence-corrected chi connectivity index (χ3v) is 5.86. The normalized spacial score (nSPS) is 16.7. The van der Waals surface area contributed by atoms with E-state index in [-0.39, 0.29) is 12.0 Å². The first-order valence-electron chi connectivity index (χ1n) is 10.6. The Morgan fingerprint density at radius 3 is 2.56 bits per heavy atom. The summed E-state index contributed by atoms with van der Waals surface area (Å²) in [6.07, 6.45) is -3.50. The van der Waals surface area contributed by atoms with Gasteiger partial charge in [0, 0.05) is 33.0 Å². The fourth-order valence-corrected chi connectivity index (χ4v) is 3.94. The van der Waals surface area contributed by atoms with E-state index in [1.165, 1.54) is 10.9 Å². The molecule has 0 radical (unpaired) electrons. The van der Waals surface area contributed by atoms with Crippen LogP contribution >= 0.6 is 0 Å². The van der Waals surface area contributed by atoms with Crippen molar-refractivity contribution in [2.24, 2.45) is 0 Å². The second-order valence-electron chi connectivity index (χ2n) is 8.14. The van der Waals surface area contributed by atoms with E-state index in [0.717, 1.165) is 17.3 Å². The van der Waals surface area contributed by atoms with E-state index in [4.69, 9.17) is 4.74 Å². The largest absolute Gasteiger partial charge is 0.435 e. The van der Waals surface area contributed by atoms with Crippen molar-refractivity contribution in [3.05, 3.63) is 59.5 Å². The Labute approximate surface area is 194 Å². The van der Waals surface area contributed by atoms with Crippen LogP contribution in [0.15, 0.2) is 42.6 Å². The topological polar surface area (TPSA) is 84.3 Å². The van der Waals surface area contributed by atoms with Crippen molar-refractivity contribution in [1.29, 1.82) is 0 Å². The Morgan fingerprint density at radius 2 is 1.94 bits per heavy atom. The second kappa shape index (κ2) is 8.98. The predicted octanol–water partition coefficient (Wildman–Crippen LogP) is 4.00. The molecule has 11 heteroatoms. The van der Waals surface area contributed by atoms with Gasteiger partial charge < -0.3 is 20.3 Å². The van der Waals surface area contributed by atoms with Gasteiger partial charge in [0.25, 0.3) is 0 Å². The number of amides is 1. The number of hydrogen-bond acceptors (Lipinski definition) is 6. The number of benzene rings is 1. The molecule has 2 aromatic heterocycles. The Hall–Kier alpha value is -3.60. The molecule has 2 N–H and O–H groups in total. The summed E-state index contributed by atoms with van der Waals surface area (Å²) < 4.78 is 44.9. The van der Waals surface area contributed by atoms with Gasteiger partial charge >= 0.3 is 6.18 Å². The van der Waals surface area contributed by atoms with Gasteiger partial charge in [-0.1, -0.05) is 12.1 Å². The van der Waals surface area contributed by atoms with Gasteiger partial charge in [-0.25, -0.2) is 9.67 Å². The van der Waals surface area contributed by atoms with E-state index in [2.05, 4.69) is 20.7 Å². The van der Waals surface area contributed by atoms with Crippen molar-refractivity contribution in [1.82, 2.24) is 14.8 Å². The molecule has 0 spiro atoms. The number of aromatic nitrogens is 3. The average molecular weight is 474 g/mol. The predicted molar refractivity (Wildman–Crippen MR) is 122 cm³/mol. The summed E-state index contributed by atoms with van der Waals surface area (Å²) in [6, 6.07) is 9.37. The number of carbonyl (C=O) groups excluding carboxylic acids is 1. The molecule has 1 aliphatic rings. The van der Waals surface area contributed by atoms with E-state index < -0.39 is 17.9 Å². The minimum atomic E-state index is -4.48.